The molecule has 0 fully saturated rings. The van der Waals surface area contributed by atoms with Gasteiger partial charge in [0.2, 0.25) is 0 Å². The maximum atomic E-state index is 12.4. The number of rotatable bonds is 8. The molecule has 164 valence electrons. The molecule has 0 aliphatic heterocycles. The number of hydrogen-bond donors (Lipinski definition) is 2. The molecule has 7 nitrogen and oxygen atoms in total. The Labute approximate surface area is 185 Å². The maximum absolute atomic E-state index is 12.4. The molecule has 1 aliphatic carbocycles. The standard InChI is InChI=1S/C25H23NO6/c1-30-22-12-6-7-13-23(22)31-15-21(24(27)28)26-25(29)32-14-20-18-10-4-2-8-16(18)17-9-3-5-11-19(17)20/h2-13,20-21H,14-15H2,1H3,(H,26,29)(H,27,28). The van der Waals surface area contributed by atoms with Gasteiger partial charge < -0.3 is 24.6 Å². The number of benzene rings is 3. The van der Waals surface area contributed by atoms with Crippen LogP contribution in [0.25, 0.3) is 11.1 Å². The summed E-state index contributed by atoms with van der Waals surface area (Å²) in [5.41, 5.74) is 4.39. The lowest BCUT2D eigenvalue weighted by atomic mass is 9.98. The number of carboxylic acid groups (broad SMARTS) is 1. The Morgan fingerprint density at radius 3 is 2.06 bits per heavy atom. The highest BCUT2D eigenvalue weighted by atomic mass is 16.6. The van der Waals surface area contributed by atoms with Crippen molar-refractivity contribution in [3.8, 4) is 22.6 Å². The quantitative estimate of drug-likeness (QED) is 0.556. The van der Waals surface area contributed by atoms with E-state index in [2.05, 4.69) is 5.32 Å². The Balaban J connectivity index is 1.39. The van der Waals surface area contributed by atoms with Crippen LogP contribution in [0.5, 0.6) is 11.5 Å². The van der Waals surface area contributed by atoms with Crippen LogP contribution in [0.1, 0.15) is 17.0 Å². The molecule has 1 amide bonds. The number of carbonyl (C=O) groups is 2. The van der Waals surface area contributed by atoms with Crippen molar-refractivity contribution in [1.29, 1.82) is 0 Å². The van der Waals surface area contributed by atoms with E-state index in [1.54, 1.807) is 24.3 Å². The Morgan fingerprint density at radius 2 is 1.47 bits per heavy atom. The lowest BCUT2D eigenvalue weighted by Crippen LogP contribution is -2.45. The minimum absolute atomic E-state index is 0.0968. The van der Waals surface area contributed by atoms with Gasteiger partial charge in [-0.25, -0.2) is 9.59 Å². The van der Waals surface area contributed by atoms with Crippen molar-refractivity contribution < 1.29 is 28.9 Å². The van der Waals surface area contributed by atoms with Gasteiger partial charge in [0.1, 0.15) is 13.2 Å². The number of amides is 1. The van der Waals surface area contributed by atoms with Gasteiger partial charge in [-0.15, -0.1) is 0 Å². The molecule has 2 N–H and O–H groups in total. The number of methoxy groups -OCH3 is 1. The molecule has 0 saturated carbocycles. The summed E-state index contributed by atoms with van der Waals surface area (Å²) in [4.78, 5) is 24.0. The van der Waals surface area contributed by atoms with Gasteiger partial charge in [-0.1, -0.05) is 60.7 Å². The summed E-state index contributed by atoms with van der Waals surface area (Å²) in [6.45, 7) is -0.181. The number of nitrogens with one attached hydrogen (secondary N) is 1. The Bertz CT molecular complexity index is 1080. The van der Waals surface area contributed by atoms with Crippen LogP contribution in [0.15, 0.2) is 72.8 Å². The normalized spacial score (nSPS) is 12.9. The molecule has 1 atom stereocenters. The molecule has 0 bridgehead atoms. The summed E-state index contributed by atoms with van der Waals surface area (Å²) in [5, 5.41) is 11.9. The third-order valence-corrected chi connectivity index (χ3v) is 5.41. The van der Waals surface area contributed by atoms with E-state index >= 15 is 0 Å². The van der Waals surface area contributed by atoms with Crippen LogP contribution in [-0.2, 0) is 9.53 Å². The van der Waals surface area contributed by atoms with Gasteiger partial charge in [-0.2, -0.15) is 0 Å². The number of hydrogen-bond acceptors (Lipinski definition) is 5. The Morgan fingerprint density at radius 1 is 0.906 bits per heavy atom. The molecule has 3 aromatic rings. The lowest BCUT2D eigenvalue weighted by molar-refractivity contribution is -0.140. The molecule has 0 saturated heterocycles. The molecule has 0 spiro atoms. The monoisotopic (exact) mass is 433 g/mol. The van der Waals surface area contributed by atoms with E-state index in [1.807, 2.05) is 48.5 Å². The zero-order valence-electron chi connectivity index (χ0n) is 17.5. The first-order valence-corrected chi connectivity index (χ1v) is 10.2. The van der Waals surface area contributed by atoms with Crippen LogP contribution in [0.4, 0.5) is 4.79 Å². The average Bonchev–Trinajstić information content (AvgIpc) is 3.14. The minimum Gasteiger partial charge on any atom is -0.493 e. The first-order valence-electron chi connectivity index (χ1n) is 10.2. The summed E-state index contributed by atoms with van der Waals surface area (Å²) < 4.78 is 16.2. The van der Waals surface area contributed by atoms with E-state index in [0.29, 0.717) is 11.5 Å². The van der Waals surface area contributed by atoms with Crippen molar-refractivity contribution in [2.75, 3.05) is 20.3 Å². The second-order valence-corrected chi connectivity index (χ2v) is 7.32. The van der Waals surface area contributed by atoms with Crippen molar-refractivity contribution >= 4 is 12.1 Å². The molecule has 0 aromatic heterocycles. The van der Waals surface area contributed by atoms with Gasteiger partial charge in [-0.05, 0) is 34.4 Å². The highest BCUT2D eigenvalue weighted by Crippen LogP contribution is 2.44. The zero-order valence-corrected chi connectivity index (χ0v) is 17.5. The molecule has 3 aromatic carbocycles. The van der Waals surface area contributed by atoms with Crippen LogP contribution in [0.2, 0.25) is 0 Å². The molecule has 4 rings (SSSR count). The van der Waals surface area contributed by atoms with E-state index in [1.165, 1.54) is 7.11 Å². The summed E-state index contributed by atoms with van der Waals surface area (Å²) >= 11 is 0. The molecule has 0 heterocycles. The highest BCUT2D eigenvalue weighted by Gasteiger charge is 2.30. The van der Waals surface area contributed by atoms with E-state index in [4.69, 9.17) is 14.2 Å². The third-order valence-electron chi connectivity index (χ3n) is 5.41. The van der Waals surface area contributed by atoms with Crippen molar-refractivity contribution in [2.24, 2.45) is 0 Å². The van der Waals surface area contributed by atoms with E-state index < -0.39 is 18.1 Å². The fraction of sp³-hybridized carbons (Fsp3) is 0.200. The van der Waals surface area contributed by atoms with E-state index in [-0.39, 0.29) is 19.1 Å². The smallest absolute Gasteiger partial charge is 0.407 e. The first-order chi connectivity index (χ1) is 15.6. The first kappa shape index (κ1) is 21.2. The molecule has 32 heavy (non-hydrogen) atoms. The number of aliphatic carboxylic acids is 1. The summed E-state index contributed by atoms with van der Waals surface area (Å²) in [7, 11) is 1.49. The second-order valence-electron chi connectivity index (χ2n) is 7.32. The van der Waals surface area contributed by atoms with Gasteiger partial charge in [0, 0.05) is 5.92 Å². The molecule has 1 aliphatic rings. The molecular formula is C25H23NO6. The number of ether oxygens (including phenoxy) is 3. The number of carboxylic acids is 1. The lowest BCUT2D eigenvalue weighted by Gasteiger charge is -2.18. The fourth-order valence-electron chi connectivity index (χ4n) is 3.87. The second kappa shape index (κ2) is 9.43. The number of para-hydroxylation sites is 2. The number of carbonyl (C=O) groups excluding carboxylic acids is 1. The van der Waals surface area contributed by atoms with Gasteiger partial charge in [0.25, 0.3) is 0 Å². The van der Waals surface area contributed by atoms with E-state index in [0.717, 1.165) is 22.3 Å². The Kier molecular flexibility index (Phi) is 6.26. The maximum Gasteiger partial charge on any atom is 0.407 e. The molecule has 7 heteroatoms. The van der Waals surface area contributed by atoms with Gasteiger partial charge in [-0.3, -0.25) is 0 Å². The Hall–Kier alpha value is -4.00. The van der Waals surface area contributed by atoms with Gasteiger partial charge in [0.05, 0.1) is 7.11 Å². The van der Waals surface area contributed by atoms with Gasteiger partial charge in [0.15, 0.2) is 17.5 Å². The average molecular weight is 433 g/mol. The van der Waals surface area contributed by atoms with Crippen molar-refractivity contribution in [2.45, 2.75) is 12.0 Å². The van der Waals surface area contributed by atoms with Crippen molar-refractivity contribution in [1.82, 2.24) is 5.32 Å². The SMILES string of the molecule is COc1ccccc1OCC(NC(=O)OCC1c2ccccc2-c2ccccc21)C(=O)O. The van der Waals surface area contributed by atoms with Crippen molar-refractivity contribution in [3.63, 3.8) is 0 Å². The van der Waals surface area contributed by atoms with E-state index in [9.17, 15) is 14.7 Å². The van der Waals surface area contributed by atoms with Crippen LogP contribution >= 0.6 is 0 Å². The van der Waals surface area contributed by atoms with Crippen LogP contribution in [-0.4, -0.2) is 43.5 Å². The zero-order chi connectivity index (χ0) is 22.5. The fourth-order valence-corrected chi connectivity index (χ4v) is 3.87. The molecule has 1 unspecified atom stereocenters. The third kappa shape index (κ3) is 4.37. The predicted octanol–water partition coefficient (Wildman–Crippen LogP) is 4.07. The molecular weight excluding hydrogens is 410 g/mol. The largest absolute Gasteiger partial charge is 0.493 e. The number of alkyl carbamates (subject to hydrolysis) is 1. The topological polar surface area (TPSA) is 94.1 Å². The minimum atomic E-state index is -1.28. The van der Waals surface area contributed by atoms with Crippen LogP contribution < -0.4 is 14.8 Å². The summed E-state index contributed by atoms with van der Waals surface area (Å²) in [6, 6.07) is 21.6. The molecule has 0 radical (unpaired) electrons. The number of fused-ring (bicyclic) bond motifs is 3. The highest BCUT2D eigenvalue weighted by molar-refractivity contribution is 5.81. The van der Waals surface area contributed by atoms with Crippen LogP contribution in [0, 0.1) is 0 Å². The van der Waals surface area contributed by atoms with Crippen LogP contribution in [0.3, 0.4) is 0 Å². The summed E-state index contributed by atoms with van der Waals surface area (Å²) in [6.07, 6.45) is -0.817. The van der Waals surface area contributed by atoms with Crippen molar-refractivity contribution in [3.05, 3.63) is 83.9 Å². The predicted molar refractivity (Wildman–Crippen MR) is 118 cm³/mol. The summed E-state index contributed by atoms with van der Waals surface area (Å²) in [5.74, 6) is -0.483. The van der Waals surface area contributed by atoms with Gasteiger partial charge >= 0.3 is 12.1 Å².